The van der Waals surface area contributed by atoms with Crippen LogP contribution in [0.5, 0.6) is 0 Å². The Bertz CT molecular complexity index is 413. The molecule has 4 nitrogen and oxygen atoms in total. The molecular formula is C13H16ClNO3. The third kappa shape index (κ3) is 2.76. The minimum absolute atomic E-state index is 0.294. The second-order valence-corrected chi connectivity index (χ2v) is 4.80. The van der Waals surface area contributed by atoms with E-state index in [4.69, 9.17) is 21.1 Å². The summed E-state index contributed by atoms with van der Waals surface area (Å²) in [6, 6.07) is 7.22. The molecule has 0 aromatic heterocycles. The van der Waals surface area contributed by atoms with Crippen LogP contribution in [0.25, 0.3) is 0 Å². The Hall–Kier alpha value is -1.26. The van der Waals surface area contributed by atoms with Gasteiger partial charge in [-0.15, -0.1) is 0 Å². The summed E-state index contributed by atoms with van der Waals surface area (Å²) in [5, 5.41) is 3.87. The molecule has 1 atom stereocenters. The van der Waals surface area contributed by atoms with E-state index >= 15 is 0 Å². The van der Waals surface area contributed by atoms with Gasteiger partial charge in [-0.25, -0.2) is 4.79 Å². The molecular weight excluding hydrogens is 254 g/mol. The molecule has 1 N–H and O–H groups in total. The topological polar surface area (TPSA) is 47.6 Å². The molecule has 1 aliphatic heterocycles. The number of esters is 1. The van der Waals surface area contributed by atoms with Crippen LogP contribution in [0, 0.1) is 0 Å². The number of hydrogen-bond acceptors (Lipinski definition) is 4. The van der Waals surface area contributed by atoms with Crippen LogP contribution >= 0.6 is 11.6 Å². The number of rotatable bonds is 3. The highest BCUT2D eigenvalue weighted by atomic mass is 35.5. The molecule has 1 aromatic rings. The zero-order valence-corrected chi connectivity index (χ0v) is 11.0. The average molecular weight is 270 g/mol. The molecule has 2 rings (SSSR count). The molecule has 5 heteroatoms. The Balaban J connectivity index is 2.19. The number of methoxy groups -OCH3 is 1. The molecule has 0 bridgehead atoms. The summed E-state index contributed by atoms with van der Waals surface area (Å²) >= 11 is 5.83. The van der Waals surface area contributed by atoms with Gasteiger partial charge in [0.05, 0.1) is 13.7 Å². The molecule has 18 heavy (non-hydrogen) atoms. The monoisotopic (exact) mass is 269 g/mol. The molecule has 0 saturated carbocycles. The molecule has 1 saturated heterocycles. The summed E-state index contributed by atoms with van der Waals surface area (Å²) in [6.45, 7) is 1.00. The van der Waals surface area contributed by atoms with Crippen molar-refractivity contribution in [2.45, 2.75) is 18.4 Å². The minimum Gasteiger partial charge on any atom is -0.467 e. The highest BCUT2D eigenvalue weighted by Gasteiger charge is 2.41. The number of nitrogens with one attached hydrogen (secondary N) is 1. The van der Waals surface area contributed by atoms with Crippen molar-refractivity contribution < 1.29 is 14.3 Å². The van der Waals surface area contributed by atoms with E-state index in [1.807, 2.05) is 12.1 Å². The van der Waals surface area contributed by atoms with Crippen molar-refractivity contribution in [3.05, 3.63) is 29.3 Å². The van der Waals surface area contributed by atoms with Gasteiger partial charge >= 0.3 is 5.97 Å². The number of ether oxygens (including phenoxy) is 2. The largest absolute Gasteiger partial charge is 0.467 e. The maximum atomic E-state index is 12.0. The van der Waals surface area contributed by atoms with Crippen LogP contribution in [0.2, 0.25) is 5.02 Å². The molecule has 0 spiro atoms. The summed E-state index contributed by atoms with van der Waals surface area (Å²) < 4.78 is 10.3. The third-order valence-corrected chi connectivity index (χ3v) is 3.30. The first-order valence-electron chi connectivity index (χ1n) is 5.86. The van der Waals surface area contributed by atoms with Crippen molar-refractivity contribution in [1.29, 1.82) is 0 Å². The Morgan fingerprint density at radius 1 is 1.44 bits per heavy atom. The van der Waals surface area contributed by atoms with Crippen LogP contribution in [0.15, 0.2) is 24.3 Å². The molecule has 0 aliphatic carbocycles. The van der Waals surface area contributed by atoms with E-state index in [1.165, 1.54) is 7.11 Å². The van der Waals surface area contributed by atoms with Gasteiger partial charge in [0.1, 0.15) is 0 Å². The zero-order valence-electron chi connectivity index (χ0n) is 10.2. The molecule has 1 aromatic carbocycles. The van der Waals surface area contributed by atoms with Crippen LogP contribution < -0.4 is 5.32 Å². The molecule has 1 aliphatic rings. The lowest BCUT2D eigenvalue weighted by molar-refractivity contribution is -0.150. The maximum absolute atomic E-state index is 12.0. The SMILES string of the molecule is COC(=O)C1(Nc2ccc(Cl)cc2)CCCOC1. The van der Waals surface area contributed by atoms with E-state index in [0.29, 0.717) is 24.7 Å². The van der Waals surface area contributed by atoms with Gasteiger partial charge in [0.2, 0.25) is 0 Å². The summed E-state index contributed by atoms with van der Waals surface area (Å²) in [5.74, 6) is -0.294. The normalized spacial score (nSPS) is 23.4. The maximum Gasteiger partial charge on any atom is 0.333 e. The van der Waals surface area contributed by atoms with Gasteiger partial charge in [0.15, 0.2) is 5.54 Å². The number of carbonyl (C=O) groups excluding carboxylic acids is 1. The Labute approximate surface area is 111 Å². The van der Waals surface area contributed by atoms with E-state index in [2.05, 4.69) is 5.32 Å². The summed E-state index contributed by atoms with van der Waals surface area (Å²) in [5.41, 5.74) is 0.0381. The standard InChI is InChI=1S/C13H16ClNO3/c1-17-12(16)13(7-2-8-18-9-13)15-11-5-3-10(14)4-6-11/h3-6,15H,2,7-9H2,1H3. The van der Waals surface area contributed by atoms with Gasteiger partial charge in [-0.05, 0) is 37.1 Å². The molecule has 1 fully saturated rings. The van der Waals surface area contributed by atoms with Crippen molar-refractivity contribution in [2.24, 2.45) is 0 Å². The van der Waals surface area contributed by atoms with Crippen molar-refractivity contribution in [3.8, 4) is 0 Å². The van der Waals surface area contributed by atoms with Crippen molar-refractivity contribution in [3.63, 3.8) is 0 Å². The molecule has 0 amide bonds. The Kier molecular flexibility index (Phi) is 4.09. The molecule has 98 valence electrons. The lowest BCUT2D eigenvalue weighted by Gasteiger charge is -2.35. The van der Waals surface area contributed by atoms with Gasteiger partial charge in [0.25, 0.3) is 0 Å². The van der Waals surface area contributed by atoms with Crippen LogP contribution in [0.1, 0.15) is 12.8 Å². The van der Waals surface area contributed by atoms with Gasteiger partial charge in [-0.1, -0.05) is 11.6 Å². The van der Waals surface area contributed by atoms with E-state index in [-0.39, 0.29) is 5.97 Å². The minimum atomic E-state index is -0.791. The van der Waals surface area contributed by atoms with Crippen LogP contribution in [0.4, 0.5) is 5.69 Å². The fraction of sp³-hybridized carbons (Fsp3) is 0.462. The predicted octanol–water partition coefficient (Wildman–Crippen LogP) is 2.47. The van der Waals surface area contributed by atoms with Crippen LogP contribution in [0.3, 0.4) is 0 Å². The van der Waals surface area contributed by atoms with Crippen molar-refractivity contribution in [1.82, 2.24) is 0 Å². The summed E-state index contributed by atoms with van der Waals surface area (Å²) in [7, 11) is 1.39. The first-order valence-corrected chi connectivity index (χ1v) is 6.24. The second kappa shape index (κ2) is 5.59. The van der Waals surface area contributed by atoms with Crippen molar-refractivity contribution >= 4 is 23.3 Å². The van der Waals surface area contributed by atoms with E-state index in [9.17, 15) is 4.79 Å². The highest BCUT2D eigenvalue weighted by molar-refractivity contribution is 6.30. The van der Waals surface area contributed by atoms with Gasteiger partial charge < -0.3 is 14.8 Å². The van der Waals surface area contributed by atoms with Gasteiger partial charge in [-0.3, -0.25) is 0 Å². The number of hydrogen-bond donors (Lipinski definition) is 1. The number of anilines is 1. The molecule has 1 unspecified atom stereocenters. The lowest BCUT2D eigenvalue weighted by Crippen LogP contribution is -2.53. The van der Waals surface area contributed by atoms with Gasteiger partial charge in [-0.2, -0.15) is 0 Å². The average Bonchev–Trinajstić information content (AvgIpc) is 2.41. The number of benzene rings is 1. The number of carbonyl (C=O) groups is 1. The van der Waals surface area contributed by atoms with Crippen LogP contribution in [-0.4, -0.2) is 31.8 Å². The quantitative estimate of drug-likeness (QED) is 0.857. The van der Waals surface area contributed by atoms with Gasteiger partial charge in [0, 0.05) is 17.3 Å². The smallest absolute Gasteiger partial charge is 0.333 e. The molecule has 0 radical (unpaired) electrons. The van der Waals surface area contributed by atoms with Crippen LogP contribution in [-0.2, 0) is 14.3 Å². The highest BCUT2D eigenvalue weighted by Crippen LogP contribution is 2.26. The summed E-state index contributed by atoms with van der Waals surface area (Å²) in [4.78, 5) is 12.0. The fourth-order valence-electron chi connectivity index (χ4n) is 2.11. The lowest BCUT2D eigenvalue weighted by atomic mass is 9.92. The zero-order chi connectivity index (χ0) is 13.0. The van der Waals surface area contributed by atoms with Crippen molar-refractivity contribution in [2.75, 3.05) is 25.6 Å². The molecule has 1 heterocycles. The Morgan fingerprint density at radius 2 is 2.17 bits per heavy atom. The predicted molar refractivity (Wildman–Crippen MR) is 69.9 cm³/mol. The van der Waals surface area contributed by atoms with E-state index < -0.39 is 5.54 Å². The summed E-state index contributed by atoms with van der Waals surface area (Å²) in [6.07, 6.45) is 1.53. The first-order chi connectivity index (χ1) is 8.66. The number of halogens is 1. The third-order valence-electron chi connectivity index (χ3n) is 3.04. The van der Waals surface area contributed by atoms with E-state index in [0.717, 1.165) is 12.1 Å². The van der Waals surface area contributed by atoms with E-state index in [1.54, 1.807) is 12.1 Å². The fourth-order valence-corrected chi connectivity index (χ4v) is 2.24. The second-order valence-electron chi connectivity index (χ2n) is 4.36. The Morgan fingerprint density at radius 3 is 2.72 bits per heavy atom. The first kappa shape index (κ1) is 13.2.